The highest BCUT2D eigenvalue weighted by Gasteiger charge is 2.26. The van der Waals surface area contributed by atoms with Crippen LogP contribution in [0.15, 0.2) is 4.52 Å². The third kappa shape index (κ3) is 4.49. The van der Waals surface area contributed by atoms with Gasteiger partial charge in [-0.15, -0.1) is 0 Å². The second kappa shape index (κ2) is 7.87. The molecule has 2 heterocycles. The van der Waals surface area contributed by atoms with Crippen LogP contribution in [0.4, 0.5) is 0 Å². The second-order valence-corrected chi connectivity index (χ2v) is 6.03. The van der Waals surface area contributed by atoms with E-state index < -0.39 is 0 Å². The summed E-state index contributed by atoms with van der Waals surface area (Å²) < 4.78 is 5.47. The van der Waals surface area contributed by atoms with Gasteiger partial charge in [0.2, 0.25) is 5.89 Å². The third-order valence-electron chi connectivity index (χ3n) is 4.26. The van der Waals surface area contributed by atoms with Crippen molar-refractivity contribution in [2.24, 2.45) is 0 Å². The maximum atomic E-state index is 5.47. The van der Waals surface area contributed by atoms with Crippen LogP contribution in [0.2, 0.25) is 0 Å². The van der Waals surface area contributed by atoms with Gasteiger partial charge in [0.25, 0.3) is 0 Å². The molecule has 0 radical (unpaired) electrons. The first-order valence-corrected chi connectivity index (χ1v) is 8.08. The Morgan fingerprint density at radius 2 is 2.14 bits per heavy atom. The second-order valence-electron chi connectivity index (χ2n) is 6.03. The molecule has 120 valence electrons. The molecule has 1 aromatic heterocycles. The van der Waals surface area contributed by atoms with Crippen molar-refractivity contribution < 1.29 is 4.52 Å². The minimum atomic E-state index is 0.231. The lowest BCUT2D eigenvalue weighted by Crippen LogP contribution is -2.31. The number of hydrogen-bond donors (Lipinski definition) is 1. The molecular weight excluding hydrogens is 266 g/mol. The monoisotopic (exact) mass is 295 g/mol. The predicted octanol–water partition coefficient (Wildman–Crippen LogP) is 1.31. The summed E-state index contributed by atoms with van der Waals surface area (Å²) in [7, 11) is 4.30. The molecule has 1 N–H and O–H groups in total. The summed E-state index contributed by atoms with van der Waals surface area (Å²) in [6, 6.07) is 0.645. The smallest absolute Gasteiger partial charge is 0.228 e. The quantitative estimate of drug-likeness (QED) is 0.854. The Bertz CT molecular complexity index is 422. The molecule has 0 bridgehead atoms. The van der Waals surface area contributed by atoms with Gasteiger partial charge in [-0.1, -0.05) is 19.0 Å². The fourth-order valence-electron chi connectivity index (χ4n) is 2.90. The summed E-state index contributed by atoms with van der Waals surface area (Å²) in [5.74, 6) is 1.57. The van der Waals surface area contributed by atoms with Crippen molar-refractivity contribution in [3.63, 3.8) is 0 Å². The molecule has 2 atom stereocenters. The number of rotatable bonds is 6. The number of aromatic nitrogens is 2. The zero-order chi connectivity index (χ0) is 15.2. The van der Waals surface area contributed by atoms with E-state index in [2.05, 4.69) is 53.2 Å². The first-order valence-electron chi connectivity index (χ1n) is 8.08. The molecule has 0 aliphatic carbocycles. The van der Waals surface area contributed by atoms with Crippen molar-refractivity contribution in [2.75, 3.05) is 40.3 Å². The van der Waals surface area contributed by atoms with E-state index in [4.69, 9.17) is 4.52 Å². The van der Waals surface area contributed by atoms with Crippen molar-refractivity contribution >= 4 is 0 Å². The van der Waals surface area contributed by atoms with Crippen molar-refractivity contribution in [1.29, 1.82) is 0 Å². The minimum absolute atomic E-state index is 0.231. The highest BCUT2D eigenvalue weighted by atomic mass is 16.5. The highest BCUT2D eigenvalue weighted by Crippen LogP contribution is 2.21. The molecule has 1 aliphatic rings. The largest absolute Gasteiger partial charge is 0.339 e. The minimum Gasteiger partial charge on any atom is -0.339 e. The van der Waals surface area contributed by atoms with Crippen LogP contribution in [-0.4, -0.2) is 66.3 Å². The van der Waals surface area contributed by atoms with Crippen molar-refractivity contribution in [2.45, 2.75) is 45.2 Å². The summed E-state index contributed by atoms with van der Waals surface area (Å²) in [6.45, 7) is 8.43. The summed E-state index contributed by atoms with van der Waals surface area (Å²) in [6.07, 6.45) is 3.06. The number of nitrogens with one attached hydrogen (secondary N) is 1. The SMILES string of the molecule is CCNC(CC)Cc1nc(C2CN(C)CCCN2C)no1. The zero-order valence-electron chi connectivity index (χ0n) is 13.8. The van der Waals surface area contributed by atoms with E-state index in [0.717, 1.165) is 50.7 Å². The zero-order valence-corrected chi connectivity index (χ0v) is 13.8. The van der Waals surface area contributed by atoms with Crippen LogP contribution < -0.4 is 5.32 Å². The Morgan fingerprint density at radius 3 is 2.86 bits per heavy atom. The van der Waals surface area contributed by atoms with Gasteiger partial charge in [0.05, 0.1) is 6.04 Å². The van der Waals surface area contributed by atoms with Crippen LogP contribution in [0.1, 0.15) is 44.4 Å². The standard InChI is InChI=1S/C15H29N5O/c1-5-12(16-6-2)10-14-17-15(18-21-14)13-11-19(3)8-7-9-20(13)4/h12-13,16H,5-11H2,1-4H3. The molecule has 0 amide bonds. The Hall–Kier alpha value is -0.980. The van der Waals surface area contributed by atoms with E-state index in [1.54, 1.807) is 0 Å². The van der Waals surface area contributed by atoms with E-state index in [0.29, 0.717) is 6.04 Å². The third-order valence-corrected chi connectivity index (χ3v) is 4.26. The number of likely N-dealkylation sites (N-methyl/N-ethyl adjacent to an activating group) is 3. The summed E-state index contributed by atoms with van der Waals surface area (Å²) in [5, 5.41) is 7.68. The summed E-state index contributed by atoms with van der Waals surface area (Å²) in [5.41, 5.74) is 0. The van der Waals surface area contributed by atoms with Gasteiger partial charge in [-0.2, -0.15) is 4.98 Å². The molecule has 1 fully saturated rings. The van der Waals surface area contributed by atoms with Crippen LogP contribution >= 0.6 is 0 Å². The van der Waals surface area contributed by atoms with Gasteiger partial charge in [-0.3, -0.25) is 4.90 Å². The van der Waals surface area contributed by atoms with E-state index in [-0.39, 0.29) is 6.04 Å². The van der Waals surface area contributed by atoms with Gasteiger partial charge in [0, 0.05) is 19.0 Å². The first kappa shape index (κ1) is 16.4. The summed E-state index contributed by atoms with van der Waals surface area (Å²) in [4.78, 5) is 9.32. The Morgan fingerprint density at radius 1 is 1.33 bits per heavy atom. The Balaban J connectivity index is 2.03. The molecule has 0 saturated carbocycles. The van der Waals surface area contributed by atoms with Crippen molar-refractivity contribution in [1.82, 2.24) is 25.3 Å². The lowest BCUT2D eigenvalue weighted by atomic mass is 10.1. The maximum absolute atomic E-state index is 5.47. The van der Waals surface area contributed by atoms with Crippen LogP contribution in [0.25, 0.3) is 0 Å². The van der Waals surface area contributed by atoms with Crippen molar-refractivity contribution in [3.05, 3.63) is 11.7 Å². The topological polar surface area (TPSA) is 57.4 Å². The highest BCUT2D eigenvalue weighted by molar-refractivity contribution is 4.98. The Kier molecular flexibility index (Phi) is 6.14. The van der Waals surface area contributed by atoms with Crippen LogP contribution in [0.5, 0.6) is 0 Å². The summed E-state index contributed by atoms with van der Waals surface area (Å²) >= 11 is 0. The molecule has 2 rings (SSSR count). The van der Waals surface area contributed by atoms with Crippen LogP contribution in [-0.2, 0) is 6.42 Å². The normalized spacial score (nSPS) is 23.1. The lowest BCUT2D eigenvalue weighted by Gasteiger charge is -2.24. The molecule has 1 aromatic rings. The van der Waals surface area contributed by atoms with E-state index in [1.807, 2.05) is 0 Å². The molecular formula is C15H29N5O. The van der Waals surface area contributed by atoms with Gasteiger partial charge >= 0.3 is 0 Å². The maximum Gasteiger partial charge on any atom is 0.228 e. The average Bonchev–Trinajstić information content (AvgIpc) is 2.85. The molecule has 0 aromatic carbocycles. The predicted molar refractivity (Wildman–Crippen MR) is 83.2 cm³/mol. The van der Waals surface area contributed by atoms with Gasteiger partial charge in [0.1, 0.15) is 0 Å². The first-order chi connectivity index (χ1) is 10.1. The van der Waals surface area contributed by atoms with E-state index in [1.165, 1.54) is 6.42 Å². The molecule has 1 saturated heterocycles. The van der Waals surface area contributed by atoms with Crippen LogP contribution in [0.3, 0.4) is 0 Å². The van der Waals surface area contributed by atoms with E-state index in [9.17, 15) is 0 Å². The van der Waals surface area contributed by atoms with Gasteiger partial charge in [-0.25, -0.2) is 0 Å². The van der Waals surface area contributed by atoms with Crippen LogP contribution in [0, 0.1) is 0 Å². The van der Waals surface area contributed by atoms with Gasteiger partial charge < -0.3 is 14.7 Å². The molecule has 0 spiro atoms. The van der Waals surface area contributed by atoms with Crippen molar-refractivity contribution in [3.8, 4) is 0 Å². The fraction of sp³-hybridized carbons (Fsp3) is 0.867. The Labute approximate surface area is 127 Å². The van der Waals surface area contributed by atoms with Gasteiger partial charge in [0.15, 0.2) is 5.82 Å². The molecule has 6 nitrogen and oxygen atoms in total. The van der Waals surface area contributed by atoms with Gasteiger partial charge in [-0.05, 0) is 46.6 Å². The average molecular weight is 295 g/mol. The lowest BCUT2D eigenvalue weighted by molar-refractivity contribution is 0.214. The molecule has 1 aliphatic heterocycles. The number of nitrogens with zero attached hydrogens (tertiary/aromatic N) is 4. The number of hydrogen-bond acceptors (Lipinski definition) is 6. The molecule has 2 unspecified atom stereocenters. The molecule has 21 heavy (non-hydrogen) atoms. The van der Waals surface area contributed by atoms with E-state index >= 15 is 0 Å². The fourth-order valence-corrected chi connectivity index (χ4v) is 2.90. The molecule has 6 heteroatoms.